The lowest BCUT2D eigenvalue weighted by atomic mass is 9.99. The molecule has 0 fully saturated rings. The third-order valence-electron chi connectivity index (χ3n) is 4.11. The number of fused-ring (bicyclic) bond motifs is 2. The molecule has 2 amide bonds. The van der Waals surface area contributed by atoms with Crippen molar-refractivity contribution in [3.63, 3.8) is 0 Å². The van der Waals surface area contributed by atoms with Gasteiger partial charge in [0.2, 0.25) is 16.9 Å². The zero-order valence-corrected chi connectivity index (χ0v) is 13.9. The number of carbonyl (C=O) groups excluding carboxylic acids is 2. The summed E-state index contributed by atoms with van der Waals surface area (Å²) in [5.41, 5.74) is 2.02. The summed E-state index contributed by atoms with van der Waals surface area (Å²) < 4.78 is 5.40. The highest BCUT2D eigenvalue weighted by atomic mass is 32.1. The number of rotatable bonds is 3. The van der Waals surface area contributed by atoms with E-state index in [1.165, 1.54) is 16.2 Å². The minimum Gasteiger partial charge on any atom is -0.464 e. The van der Waals surface area contributed by atoms with Crippen molar-refractivity contribution >= 4 is 44.9 Å². The van der Waals surface area contributed by atoms with Crippen molar-refractivity contribution < 1.29 is 14.0 Å². The molecule has 0 saturated heterocycles. The standard InChI is InChI=1S/C16H14N4O3S/c1-3-12-18-19-16(24-12)17-14(21)13-9-7-11-8(4-5-23-11)6-10(9)20(2)15(13)22/h4-7,13H,3H2,1-2H3,(H,17,19,21). The Labute approximate surface area is 141 Å². The average molecular weight is 342 g/mol. The SMILES string of the molecule is CCc1nnc(NC(=O)C2C(=O)N(C)c3cc4ccoc4cc32)s1. The molecule has 0 spiro atoms. The number of aromatic nitrogens is 2. The summed E-state index contributed by atoms with van der Waals surface area (Å²) >= 11 is 1.31. The van der Waals surface area contributed by atoms with E-state index in [2.05, 4.69) is 15.5 Å². The summed E-state index contributed by atoms with van der Waals surface area (Å²) in [6.45, 7) is 1.96. The molecule has 1 atom stereocenters. The zero-order valence-electron chi connectivity index (χ0n) is 13.1. The van der Waals surface area contributed by atoms with Crippen LogP contribution in [0.5, 0.6) is 0 Å². The first-order valence-corrected chi connectivity index (χ1v) is 8.32. The highest BCUT2D eigenvalue weighted by Crippen LogP contribution is 2.40. The molecule has 2 aromatic heterocycles. The van der Waals surface area contributed by atoms with Crippen molar-refractivity contribution in [1.82, 2.24) is 10.2 Å². The number of likely N-dealkylation sites (N-methyl/N-ethyl adjacent to an activating group) is 1. The molecule has 3 heterocycles. The van der Waals surface area contributed by atoms with Gasteiger partial charge >= 0.3 is 0 Å². The van der Waals surface area contributed by atoms with Crippen molar-refractivity contribution in [3.05, 3.63) is 35.0 Å². The summed E-state index contributed by atoms with van der Waals surface area (Å²) in [7, 11) is 1.67. The van der Waals surface area contributed by atoms with Crippen LogP contribution in [-0.4, -0.2) is 29.1 Å². The van der Waals surface area contributed by atoms with Gasteiger partial charge in [-0.2, -0.15) is 0 Å². The van der Waals surface area contributed by atoms with Gasteiger partial charge in [-0.05, 0) is 24.6 Å². The minimum atomic E-state index is -0.909. The maximum atomic E-state index is 12.7. The molecule has 0 bridgehead atoms. The molecule has 0 radical (unpaired) electrons. The molecule has 7 nitrogen and oxygen atoms in total. The van der Waals surface area contributed by atoms with Crippen LogP contribution in [0.4, 0.5) is 10.8 Å². The van der Waals surface area contributed by atoms with E-state index in [4.69, 9.17) is 4.42 Å². The van der Waals surface area contributed by atoms with Crippen LogP contribution in [0.1, 0.15) is 23.4 Å². The Morgan fingerprint density at radius 1 is 1.42 bits per heavy atom. The molecule has 1 N–H and O–H groups in total. The van der Waals surface area contributed by atoms with Gasteiger partial charge in [0.1, 0.15) is 16.5 Å². The van der Waals surface area contributed by atoms with Gasteiger partial charge < -0.3 is 9.32 Å². The Balaban J connectivity index is 1.70. The minimum absolute atomic E-state index is 0.268. The number of nitrogens with zero attached hydrogens (tertiary/aromatic N) is 3. The molecule has 0 aliphatic carbocycles. The lowest BCUT2D eigenvalue weighted by Gasteiger charge is -2.10. The van der Waals surface area contributed by atoms with Gasteiger partial charge in [-0.3, -0.25) is 14.9 Å². The quantitative estimate of drug-likeness (QED) is 0.739. The molecule has 4 rings (SSSR count). The van der Waals surface area contributed by atoms with Crippen LogP contribution in [0.25, 0.3) is 11.0 Å². The number of carbonyl (C=O) groups is 2. The molecule has 1 aromatic carbocycles. The van der Waals surface area contributed by atoms with Crippen LogP contribution in [0, 0.1) is 0 Å². The zero-order chi connectivity index (χ0) is 16.8. The fraction of sp³-hybridized carbons (Fsp3) is 0.250. The van der Waals surface area contributed by atoms with E-state index in [1.54, 1.807) is 19.4 Å². The molecular weight excluding hydrogens is 328 g/mol. The Morgan fingerprint density at radius 3 is 3.00 bits per heavy atom. The normalized spacial score (nSPS) is 16.7. The monoisotopic (exact) mass is 342 g/mol. The van der Waals surface area contributed by atoms with Gasteiger partial charge in [0.15, 0.2) is 0 Å². The van der Waals surface area contributed by atoms with Gasteiger partial charge in [0.25, 0.3) is 0 Å². The number of hydrogen-bond donors (Lipinski definition) is 1. The van der Waals surface area contributed by atoms with Crippen LogP contribution in [0.2, 0.25) is 0 Å². The number of nitrogens with one attached hydrogen (secondary N) is 1. The Kier molecular flexibility index (Phi) is 3.34. The second-order valence-electron chi connectivity index (χ2n) is 5.54. The highest BCUT2D eigenvalue weighted by Gasteiger charge is 2.41. The number of aryl methyl sites for hydroxylation is 1. The first-order chi connectivity index (χ1) is 11.6. The van der Waals surface area contributed by atoms with Gasteiger partial charge in [-0.1, -0.05) is 18.3 Å². The molecule has 3 aromatic rings. The maximum absolute atomic E-state index is 12.7. The van der Waals surface area contributed by atoms with Crippen LogP contribution < -0.4 is 10.2 Å². The molecule has 8 heteroatoms. The van der Waals surface area contributed by atoms with Crippen LogP contribution in [-0.2, 0) is 16.0 Å². The summed E-state index contributed by atoms with van der Waals surface area (Å²) in [5.74, 6) is -1.58. The number of amides is 2. The van der Waals surface area contributed by atoms with E-state index >= 15 is 0 Å². The lowest BCUT2D eigenvalue weighted by Crippen LogP contribution is -2.31. The van der Waals surface area contributed by atoms with Crippen molar-refractivity contribution in [3.8, 4) is 0 Å². The predicted octanol–water partition coefficient (Wildman–Crippen LogP) is 2.55. The second kappa shape index (κ2) is 5.41. The van der Waals surface area contributed by atoms with E-state index in [9.17, 15) is 9.59 Å². The van der Waals surface area contributed by atoms with Crippen molar-refractivity contribution in [2.75, 3.05) is 17.3 Å². The maximum Gasteiger partial charge on any atom is 0.243 e. The highest BCUT2D eigenvalue weighted by molar-refractivity contribution is 7.15. The lowest BCUT2D eigenvalue weighted by molar-refractivity contribution is -0.126. The third kappa shape index (κ3) is 2.18. The number of hydrogen-bond acceptors (Lipinski definition) is 6. The van der Waals surface area contributed by atoms with Gasteiger partial charge in [-0.25, -0.2) is 0 Å². The van der Waals surface area contributed by atoms with Crippen LogP contribution in [0.3, 0.4) is 0 Å². The molecule has 1 unspecified atom stereocenters. The fourth-order valence-corrected chi connectivity index (χ4v) is 3.54. The molecule has 122 valence electrons. The first-order valence-electron chi connectivity index (χ1n) is 7.50. The molecule has 0 saturated carbocycles. The van der Waals surface area contributed by atoms with E-state index in [-0.39, 0.29) is 5.91 Å². The topological polar surface area (TPSA) is 88.3 Å². The van der Waals surface area contributed by atoms with E-state index in [1.807, 2.05) is 19.1 Å². The van der Waals surface area contributed by atoms with E-state index < -0.39 is 11.8 Å². The second-order valence-corrected chi connectivity index (χ2v) is 6.61. The molecule has 24 heavy (non-hydrogen) atoms. The van der Waals surface area contributed by atoms with Crippen molar-refractivity contribution in [2.24, 2.45) is 0 Å². The van der Waals surface area contributed by atoms with Gasteiger partial charge in [-0.15, -0.1) is 10.2 Å². The van der Waals surface area contributed by atoms with Crippen LogP contribution in [0.15, 0.2) is 28.9 Å². The van der Waals surface area contributed by atoms with Crippen molar-refractivity contribution in [2.45, 2.75) is 19.3 Å². The van der Waals surface area contributed by atoms with Crippen LogP contribution >= 0.6 is 11.3 Å². The number of benzene rings is 1. The summed E-state index contributed by atoms with van der Waals surface area (Å²) in [4.78, 5) is 26.7. The number of furan rings is 1. The summed E-state index contributed by atoms with van der Waals surface area (Å²) in [6.07, 6.45) is 2.34. The van der Waals surface area contributed by atoms with E-state index in [0.29, 0.717) is 16.3 Å². The Hall–Kier alpha value is -2.74. The largest absolute Gasteiger partial charge is 0.464 e. The summed E-state index contributed by atoms with van der Waals surface area (Å²) in [6, 6.07) is 5.45. The Bertz CT molecular complexity index is 961. The average Bonchev–Trinajstić information content (AvgIpc) is 3.26. The Morgan fingerprint density at radius 2 is 2.25 bits per heavy atom. The summed E-state index contributed by atoms with van der Waals surface area (Å²) in [5, 5.41) is 12.7. The smallest absolute Gasteiger partial charge is 0.243 e. The van der Waals surface area contributed by atoms with Crippen molar-refractivity contribution in [1.29, 1.82) is 0 Å². The fourth-order valence-electron chi connectivity index (χ4n) is 2.86. The number of anilines is 2. The first kappa shape index (κ1) is 14.8. The van der Waals surface area contributed by atoms with E-state index in [0.717, 1.165) is 22.5 Å². The molecular formula is C16H14N4O3S. The predicted molar refractivity (Wildman–Crippen MR) is 90.3 cm³/mol. The molecule has 1 aliphatic heterocycles. The molecule has 1 aliphatic rings. The third-order valence-corrected chi connectivity index (χ3v) is 5.10. The van der Waals surface area contributed by atoms with Gasteiger partial charge in [0.05, 0.1) is 6.26 Å². The van der Waals surface area contributed by atoms with Gasteiger partial charge in [0, 0.05) is 23.7 Å².